The molecule has 734 valence electrons. The van der Waals surface area contributed by atoms with Crippen LogP contribution in [0, 0.1) is 6.92 Å². The highest BCUT2D eigenvalue weighted by atomic mass is 79.9. The van der Waals surface area contributed by atoms with Gasteiger partial charge in [-0.1, -0.05) is 111 Å². The van der Waals surface area contributed by atoms with Gasteiger partial charge in [-0.15, -0.1) is 0 Å². The van der Waals surface area contributed by atoms with Crippen LogP contribution in [0.1, 0.15) is 43.5 Å². The number of fused-ring (bicyclic) bond motifs is 2. The average Bonchev–Trinajstić information content (AvgIpc) is 1.31. The zero-order chi connectivity index (χ0) is 99.4. The molecule has 3 saturated heterocycles. The molecule has 0 bridgehead atoms. The first-order valence-electron chi connectivity index (χ1n) is 44.3. The molecule has 0 aliphatic carbocycles. The van der Waals surface area contributed by atoms with E-state index in [-0.39, 0.29) is 68.8 Å². The number of ether oxygens (including phenoxy) is 5. The lowest BCUT2D eigenvalue weighted by atomic mass is 10.0. The summed E-state index contributed by atoms with van der Waals surface area (Å²) in [4.78, 5) is 54.8. The zero-order valence-electron chi connectivity index (χ0n) is 78.7. The fourth-order valence-electron chi connectivity index (χ4n) is 15.8. The van der Waals surface area contributed by atoms with E-state index in [9.17, 15) is 35.3 Å². The number of aromatic nitrogens is 8. The number of anilines is 18. The van der Waals surface area contributed by atoms with Crippen LogP contribution in [-0.2, 0) is 55.9 Å². The maximum Gasteiger partial charge on any atom is 0.245 e. The number of amides is 1. The number of morpholine rings is 1. The van der Waals surface area contributed by atoms with Crippen molar-refractivity contribution in [3.63, 3.8) is 0 Å². The van der Waals surface area contributed by atoms with Crippen molar-refractivity contribution in [1.29, 1.82) is 0 Å². The molecule has 34 nitrogen and oxygen atoms in total. The summed E-state index contributed by atoms with van der Waals surface area (Å²) in [6.45, 7) is 24.1. The molecule has 9 heterocycles. The number of sulfonamides is 1. The molecule has 12 aromatic rings. The van der Waals surface area contributed by atoms with Gasteiger partial charge in [-0.25, -0.2) is 36.8 Å². The summed E-state index contributed by atoms with van der Waals surface area (Å²) in [5.41, 5.74) is 9.23. The van der Waals surface area contributed by atoms with Crippen LogP contribution in [0.15, 0.2) is 191 Å². The summed E-state index contributed by atoms with van der Waals surface area (Å²) < 4.78 is 120. The molecular formula is C95H109BrCl4N21O13P3S2. The summed E-state index contributed by atoms with van der Waals surface area (Å²) in [5, 5.41) is 30.8. The number of likely N-dealkylation sites (N-methyl/N-ethyl adjacent to an activating group) is 1. The summed E-state index contributed by atoms with van der Waals surface area (Å²) in [7, 11) is -7.83. The van der Waals surface area contributed by atoms with Gasteiger partial charge in [0, 0.05) is 114 Å². The number of rotatable bonds is 28. The molecular weight excluding hydrogens is 2020 g/mol. The first kappa shape index (κ1) is 104. The number of piperidine rings is 1. The number of carbonyl (C=O) groups is 1. The number of hydrogen-bond donors (Lipinski definition) is 9. The minimum atomic E-state index is -3.76. The van der Waals surface area contributed by atoms with Crippen LogP contribution in [0.25, 0.3) is 0 Å². The van der Waals surface area contributed by atoms with E-state index in [0.29, 0.717) is 122 Å². The van der Waals surface area contributed by atoms with Gasteiger partial charge in [-0.2, -0.15) is 24.2 Å². The normalized spacial score (nSPS) is 14.8. The molecule has 17 rings (SSSR count). The number of halogens is 5. The second-order valence-corrected chi connectivity index (χ2v) is 50.8. The SMILES string of the molecule is COc1cc(N2CCC(N3CCN(C)CC3)CC2)ccc1Nc1nc(C)c(Cl)c(Nc2ccccc2P(C)(C)=O)n1.COc1cc(P(C)(C)=O)ccc1Nc1ncc(Cl)c(Nc2ccccc2S(=O)(=O)N2CCOCC2)n1.COc1cc2c(cc1Nc1ncc(Cl)c(Nc3ccccc3S(=O)(=O)C(C)C)n1)CC(=O)N2.CP(C)(=O)c1ccccc1Nc1nc(Nc2ccc(Br)c3c2OCC3)ncc1Cl. The van der Waals surface area contributed by atoms with Crippen LogP contribution >= 0.6 is 83.8 Å². The lowest BCUT2D eigenvalue weighted by Gasteiger charge is -2.42. The van der Waals surface area contributed by atoms with E-state index >= 15 is 0 Å². The van der Waals surface area contributed by atoms with Gasteiger partial charge in [0.1, 0.15) is 69.4 Å². The fourth-order valence-corrected chi connectivity index (χ4v) is 22.8. The number of benzene rings is 8. The van der Waals surface area contributed by atoms with Crippen LogP contribution < -0.4 is 87.6 Å². The van der Waals surface area contributed by atoms with E-state index in [4.69, 9.17) is 70.1 Å². The first-order valence-corrected chi connectivity index (χ1v) is 57.4. The van der Waals surface area contributed by atoms with E-state index in [1.165, 1.54) is 75.2 Å². The highest BCUT2D eigenvalue weighted by Crippen LogP contribution is 2.46. The number of hydrogen-bond acceptors (Lipinski definition) is 32. The van der Waals surface area contributed by atoms with Crippen LogP contribution in [-0.4, -0.2) is 229 Å². The third-order valence-corrected chi connectivity index (χ3v) is 34.0. The Morgan fingerprint density at radius 3 is 1.51 bits per heavy atom. The molecule has 4 aromatic heterocycles. The average molecular weight is 2130 g/mol. The van der Waals surface area contributed by atoms with E-state index < -0.39 is 46.5 Å². The van der Waals surface area contributed by atoms with Crippen molar-refractivity contribution in [1.82, 2.24) is 54.0 Å². The number of piperazine rings is 1. The minimum absolute atomic E-state index is 0.0894. The highest BCUT2D eigenvalue weighted by molar-refractivity contribution is 9.10. The molecule has 9 N–H and O–H groups in total. The summed E-state index contributed by atoms with van der Waals surface area (Å²) in [6.07, 6.45) is 7.81. The fraction of sp³-hybridized carbons (Fsp3) is 0.316. The Balaban J connectivity index is 0.000000149. The van der Waals surface area contributed by atoms with Gasteiger partial charge >= 0.3 is 0 Å². The van der Waals surface area contributed by atoms with Crippen molar-refractivity contribution in [3.05, 3.63) is 218 Å². The molecule has 0 atom stereocenters. The van der Waals surface area contributed by atoms with Gasteiger partial charge in [0.2, 0.25) is 39.7 Å². The number of para-hydroxylation sites is 4. The first-order chi connectivity index (χ1) is 66.2. The van der Waals surface area contributed by atoms with Gasteiger partial charge in [0.15, 0.2) is 33.1 Å². The van der Waals surface area contributed by atoms with E-state index in [0.717, 1.165) is 87.4 Å². The maximum absolute atomic E-state index is 13.3. The zero-order valence-corrected chi connectivity index (χ0v) is 87.7. The third kappa shape index (κ3) is 25.9. The largest absolute Gasteiger partial charge is 0.495 e. The number of nitrogens with zero attached hydrogens (tertiary/aromatic N) is 12. The Morgan fingerprint density at radius 2 is 0.964 bits per heavy atom. The van der Waals surface area contributed by atoms with Crippen molar-refractivity contribution in [2.75, 3.05) is 193 Å². The standard InChI is InChI=1S/C30H41ClN7O2P.C23H27ClN5O5PS.C22H22ClN5O4S.C20H19BrClN4O2P/c1-21-28(31)29(33-25-8-6-7-9-27(25)41(4,5)39)35-30(32-21)34-24-11-10-23(20-26(24)40-3)37-14-12-22(13-15-37)38-18-16-36(2)17-19-38;1-33-20-14-16(35(2,3)30)8-9-18(20)27-23-25-15-17(24)22(28-23)26-19-6-4-5-7-21(19)36(31,32)29-10-12-34-13-11-29;1-12(2)33(30,31)19-7-5-4-6-15(19)26-21-14(23)11-24-22(28-21)27-17-8-13-9-20(29)25-16(13)10-18(17)32-3;1-29(2,27)17-6-4-3-5-15(17)24-19-14(22)11-23-20(26-19)25-16-8-7-13(21)12-9-10-28-18(12)16/h6-11,20,22H,12-19H2,1-5H3,(H2,32,33,34,35);4-9,14-15H,10-13H2,1-3H3,(H2,25,26,27,28);4-8,10-12H,9H2,1-3H3,(H,25,29)(H2,24,26,27,28);3-8,11H,9-10H2,1-2H3,(H2,23,24,25,26). The predicted octanol–water partition coefficient (Wildman–Crippen LogP) is 19.2. The number of aryl methyl sites for hydroxylation is 1. The Bertz CT molecular complexity index is 6940. The molecule has 5 aliphatic heterocycles. The molecule has 139 heavy (non-hydrogen) atoms. The number of carbonyl (C=O) groups excluding carboxylic acids is 1. The van der Waals surface area contributed by atoms with Crippen molar-refractivity contribution in [2.45, 2.75) is 67.5 Å². The topological polar surface area (TPSA) is 407 Å². The number of sulfone groups is 1. The molecule has 8 aromatic carbocycles. The summed E-state index contributed by atoms with van der Waals surface area (Å²) >= 11 is 29.1. The Labute approximate surface area is 837 Å². The third-order valence-electron chi connectivity index (χ3n) is 23.2. The second-order valence-electron chi connectivity index (χ2n) is 34.4. The van der Waals surface area contributed by atoms with Crippen molar-refractivity contribution >= 4 is 229 Å². The van der Waals surface area contributed by atoms with Crippen molar-refractivity contribution < 1.29 is 59.0 Å². The van der Waals surface area contributed by atoms with Crippen molar-refractivity contribution in [2.24, 2.45) is 0 Å². The smallest absolute Gasteiger partial charge is 0.245 e. The lowest BCUT2D eigenvalue weighted by molar-refractivity contribution is -0.115. The van der Waals surface area contributed by atoms with Gasteiger partial charge in [0.05, 0.1) is 127 Å². The van der Waals surface area contributed by atoms with Gasteiger partial charge < -0.3 is 95.0 Å². The summed E-state index contributed by atoms with van der Waals surface area (Å²) in [6, 6.07) is 47.6. The number of nitrogens with one attached hydrogen (secondary N) is 9. The lowest BCUT2D eigenvalue weighted by Crippen LogP contribution is -2.52. The molecule has 0 spiro atoms. The van der Waals surface area contributed by atoms with Crippen LogP contribution in [0.4, 0.5) is 104 Å². The van der Waals surface area contributed by atoms with Crippen LogP contribution in [0.3, 0.4) is 0 Å². The molecule has 44 heteroatoms. The predicted molar refractivity (Wildman–Crippen MR) is 563 cm³/mol. The van der Waals surface area contributed by atoms with E-state index in [1.807, 2.05) is 73.7 Å². The maximum atomic E-state index is 13.3. The molecule has 5 aliphatic rings. The van der Waals surface area contributed by atoms with Gasteiger partial charge in [0.25, 0.3) is 0 Å². The molecule has 0 saturated carbocycles. The second kappa shape index (κ2) is 45.3. The highest BCUT2D eigenvalue weighted by Gasteiger charge is 2.33. The Morgan fingerprint density at radius 1 is 0.496 bits per heavy atom. The van der Waals surface area contributed by atoms with Gasteiger partial charge in [-0.05, 0) is 183 Å². The van der Waals surface area contributed by atoms with Gasteiger partial charge in [-0.3, -0.25) is 9.69 Å². The summed E-state index contributed by atoms with van der Waals surface area (Å²) in [5.74, 6) is 4.93. The monoisotopic (exact) mass is 2130 g/mol. The molecule has 3 fully saturated rings. The molecule has 1 amide bonds. The van der Waals surface area contributed by atoms with E-state index in [1.54, 1.807) is 128 Å². The number of methoxy groups -OCH3 is 3. The van der Waals surface area contributed by atoms with Crippen LogP contribution in [0.2, 0.25) is 20.1 Å². The molecule has 0 unspecified atom stereocenters. The minimum Gasteiger partial charge on any atom is -0.495 e. The Kier molecular flexibility index (Phi) is 33.8. The van der Waals surface area contributed by atoms with Crippen LogP contribution in [0.5, 0.6) is 23.0 Å². The van der Waals surface area contributed by atoms with Crippen molar-refractivity contribution in [3.8, 4) is 23.0 Å². The molecule has 0 radical (unpaired) electrons. The quantitative estimate of drug-likeness (QED) is 0.0206. The Hall–Kier alpha value is -11.0. The van der Waals surface area contributed by atoms with E-state index in [2.05, 4.69) is 138 Å².